The second-order valence-corrected chi connectivity index (χ2v) is 1.92. The largest absolute Gasteiger partial charge is 0.469 e. The molecule has 0 fully saturated rings. The van der Waals surface area contributed by atoms with Gasteiger partial charge < -0.3 is 14.6 Å². The van der Waals surface area contributed by atoms with Crippen molar-refractivity contribution in [3.05, 3.63) is 0 Å². The lowest BCUT2D eigenvalue weighted by molar-refractivity contribution is -0.148. The monoisotopic (exact) mass is 148 g/mol. The number of esters is 1. The van der Waals surface area contributed by atoms with Crippen LogP contribution in [-0.4, -0.2) is 31.6 Å². The summed E-state index contributed by atoms with van der Waals surface area (Å²) in [6.07, 6.45) is 0. The van der Waals surface area contributed by atoms with Crippen LogP contribution in [0.25, 0.3) is 0 Å². The Kier molecular flexibility index (Phi) is 4.88. The number of carbonyl (C=O) groups is 1. The van der Waals surface area contributed by atoms with Crippen molar-refractivity contribution in [2.75, 3.05) is 20.5 Å². The number of aliphatic hydroxyl groups excluding tert-OH is 1. The predicted molar refractivity (Wildman–Crippen MR) is 34.2 cm³/mol. The fourth-order valence-corrected chi connectivity index (χ4v) is 0.499. The quantitative estimate of drug-likeness (QED) is 0.441. The maximum absolute atomic E-state index is 10.6. The SMILES string of the molecule is COC(=O)C(C)COCO. The van der Waals surface area contributed by atoms with Crippen molar-refractivity contribution in [1.82, 2.24) is 0 Å². The van der Waals surface area contributed by atoms with Gasteiger partial charge in [-0.15, -0.1) is 0 Å². The van der Waals surface area contributed by atoms with Gasteiger partial charge in [0.05, 0.1) is 19.6 Å². The summed E-state index contributed by atoms with van der Waals surface area (Å²) in [6, 6.07) is 0. The first-order chi connectivity index (χ1) is 4.72. The highest BCUT2D eigenvalue weighted by molar-refractivity contribution is 5.71. The van der Waals surface area contributed by atoms with Crippen LogP contribution >= 0.6 is 0 Å². The van der Waals surface area contributed by atoms with Gasteiger partial charge in [-0.1, -0.05) is 0 Å². The van der Waals surface area contributed by atoms with Gasteiger partial charge >= 0.3 is 5.97 Å². The Morgan fingerprint density at radius 3 is 2.70 bits per heavy atom. The van der Waals surface area contributed by atoms with Crippen LogP contribution in [0.1, 0.15) is 6.92 Å². The fraction of sp³-hybridized carbons (Fsp3) is 0.833. The molecule has 10 heavy (non-hydrogen) atoms. The molecule has 0 amide bonds. The molecule has 0 aromatic rings. The molecular weight excluding hydrogens is 136 g/mol. The maximum atomic E-state index is 10.6. The van der Waals surface area contributed by atoms with Gasteiger partial charge in [0.15, 0.2) is 0 Å². The molecule has 1 N–H and O–H groups in total. The van der Waals surface area contributed by atoms with Crippen molar-refractivity contribution in [1.29, 1.82) is 0 Å². The van der Waals surface area contributed by atoms with E-state index in [9.17, 15) is 4.79 Å². The van der Waals surface area contributed by atoms with Crippen LogP contribution in [0.15, 0.2) is 0 Å². The average molecular weight is 148 g/mol. The molecule has 0 aliphatic heterocycles. The van der Waals surface area contributed by atoms with Crippen LogP contribution in [0.3, 0.4) is 0 Å². The standard InChI is InChI=1S/C6H12O4/c1-5(3-10-4-7)6(8)9-2/h5,7H,3-4H2,1-2H3. The van der Waals surface area contributed by atoms with Crippen LogP contribution in [0.5, 0.6) is 0 Å². The van der Waals surface area contributed by atoms with E-state index in [1.807, 2.05) is 0 Å². The Bertz CT molecular complexity index is 102. The topological polar surface area (TPSA) is 55.8 Å². The van der Waals surface area contributed by atoms with Gasteiger partial charge in [-0.3, -0.25) is 4.79 Å². The van der Waals surface area contributed by atoms with Gasteiger partial charge in [0, 0.05) is 0 Å². The van der Waals surface area contributed by atoms with Crippen molar-refractivity contribution in [3.8, 4) is 0 Å². The second-order valence-electron chi connectivity index (χ2n) is 1.92. The minimum Gasteiger partial charge on any atom is -0.469 e. The second kappa shape index (κ2) is 5.20. The Labute approximate surface area is 59.7 Å². The van der Waals surface area contributed by atoms with E-state index in [4.69, 9.17) is 5.11 Å². The normalized spacial score (nSPS) is 12.7. The molecule has 0 aromatic carbocycles. The molecule has 0 bridgehead atoms. The first-order valence-corrected chi connectivity index (χ1v) is 2.98. The number of carbonyl (C=O) groups excluding carboxylic acids is 1. The van der Waals surface area contributed by atoms with Crippen LogP contribution in [0, 0.1) is 5.92 Å². The highest BCUT2D eigenvalue weighted by Crippen LogP contribution is 1.97. The number of rotatable bonds is 4. The molecule has 0 saturated heterocycles. The number of hydrogen-bond donors (Lipinski definition) is 1. The lowest BCUT2D eigenvalue weighted by atomic mass is 10.2. The van der Waals surface area contributed by atoms with Crippen LogP contribution in [0.4, 0.5) is 0 Å². The molecular formula is C6H12O4. The van der Waals surface area contributed by atoms with E-state index in [0.29, 0.717) is 0 Å². The Hall–Kier alpha value is -0.610. The smallest absolute Gasteiger partial charge is 0.310 e. The van der Waals surface area contributed by atoms with Crippen molar-refractivity contribution < 1.29 is 19.4 Å². The molecule has 4 heteroatoms. The summed E-state index contributed by atoms with van der Waals surface area (Å²) < 4.78 is 8.98. The molecule has 4 nitrogen and oxygen atoms in total. The third-order valence-electron chi connectivity index (χ3n) is 1.06. The minimum absolute atomic E-state index is 0.198. The molecule has 0 heterocycles. The van der Waals surface area contributed by atoms with Crippen LogP contribution < -0.4 is 0 Å². The van der Waals surface area contributed by atoms with Gasteiger partial charge in [0.1, 0.15) is 6.79 Å². The van der Waals surface area contributed by atoms with E-state index in [1.165, 1.54) is 7.11 Å². The van der Waals surface area contributed by atoms with E-state index in [-0.39, 0.29) is 25.3 Å². The van der Waals surface area contributed by atoms with Gasteiger partial charge in [-0.25, -0.2) is 0 Å². The first kappa shape index (κ1) is 9.39. The lowest BCUT2D eigenvalue weighted by Crippen LogP contribution is -2.18. The molecule has 1 atom stereocenters. The first-order valence-electron chi connectivity index (χ1n) is 2.98. The number of ether oxygens (including phenoxy) is 2. The average Bonchev–Trinajstić information content (AvgIpc) is 1.98. The Morgan fingerprint density at radius 1 is 1.70 bits per heavy atom. The molecule has 0 rings (SSSR count). The van der Waals surface area contributed by atoms with Crippen LogP contribution in [0.2, 0.25) is 0 Å². The van der Waals surface area contributed by atoms with E-state index >= 15 is 0 Å². The number of methoxy groups -OCH3 is 1. The summed E-state index contributed by atoms with van der Waals surface area (Å²) in [7, 11) is 1.32. The zero-order valence-corrected chi connectivity index (χ0v) is 6.16. The van der Waals surface area contributed by atoms with E-state index in [1.54, 1.807) is 6.92 Å². The molecule has 0 aliphatic carbocycles. The van der Waals surface area contributed by atoms with Gasteiger partial charge in [0.2, 0.25) is 0 Å². The van der Waals surface area contributed by atoms with E-state index < -0.39 is 0 Å². The van der Waals surface area contributed by atoms with Crippen molar-refractivity contribution >= 4 is 5.97 Å². The molecule has 0 saturated carbocycles. The Balaban J connectivity index is 3.41. The maximum Gasteiger partial charge on any atom is 0.310 e. The van der Waals surface area contributed by atoms with Crippen LogP contribution in [-0.2, 0) is 14.3 Å². The molecule has 0 aromatic heterocycles. The Morgan fingerprint density at radius 2 is 2.30 bits per heavy atom. The summed E-state index contributed by atoms with van der Waals surface area (Å²) in [6.45, 7) is 1.51. The summed E-state index contributed by atoms with van der Waals surface area (Å²) in [4.78, 5) is 10.6. The summed E-state index contributed by atoms with van der Waals surface area (Å²) in [5.74, 6) is -0.634. The molecule has 60 valence electrons. The highest BCUT2D eigenvalue weighted by atomic mass is 16.6. The molecule has 1 unspecified atom stereocenters. The third-order valence-corrected chi connectivity index (χ3v) is 1.06. The lowest BCUT2D eigenvalue weighted by Gasteiger charge is -2.06. The molecule has 0 aliphatic rings. The third kappa shape index (κ3) is 3.42. The fourth-order valence-electron chi connectivity index (χ4n) is 0.499. The summed E-state index contributed by atoms with van der Waals surface area (Å²) in [5, 5.41) is 8.20. The highest BCUT2D eigenvalue weighted by Gasteiger charge is 2.11. The number of aliphatic hydroxyl groups is 1. The minimum atomic E-state index is -0.360. The van der Waals surface area contributed by atoms with E-state index in [0.717, 1.165) is 0 Å². The summed E-state index contributed by atoms with van der Waals surface area (Å²) >= 11 is 0. The number of hydrogen-bond acceptors (Lipinski definition) is 4. The van der Waals surface area contributed by atoms with Gasteiger partial charge in [-0.2, -0.15) is 0 Å². The molecule has 0 spiro atoms. The van der Waals surface area contributed by atoms with Crippen molar-refractivity contribution in [2.45, 2.75) is 6.92 Å². The van der Waals surface area contributed by atoms with Gasteiger partial charge in [-0.05, 0) is 6.92 Å². The van der Waals surface area contributed by atoms with E-state index in [2.05, 4.69) is 9.47 Å². The van der Waals surface area contributed by atoms with Crippen molar-refractivity contribution in [2.24, 2.45) is 5.92 Å². The molecule has 0 radical (unpaired) electrons. The summed E-state index contributed by atoms with van der Waals surface area (Å²) in [5.41, 5.74) is 0. The zero-order chi connectivity index (χ0) is 7.98. The predicted octanol–water partition coefficient (Wildman–Crippen LogP) is -0.238. The van der Waals surface area contributed by atoms with Gasteiger partial charge in [0.25, 0.3) is 0 Å². The van der Waals surface area contributed by atoms with Crippen molar-refractivity contribution in [3.63, 3.8) is 0 Å². The zero-order valence-electron chi connectivity index (χ0n) is 6.16.